The van der Waals surface area contributed by atoms with Crippen LogP contribution in [0.3, 0.4) is 0 Å². The van der Waals surface area contributed by atoms with Crippen LogP contribution in [-0.2, 0) is 68.2 Å². The monoisotopic (exact) mass is 909 g/mol. The molecule has 4 heterocycles. The van der Waals surface area contributed by atoms with E-state index in [2.05, 4.69) is 27.7 Å². The molecule has 362 valence electrons. The molecule has 13 nitrogen and oxygen atoms in total. The van der Waals surface area contributed by atoms with Crippen molar-refractivity contribution in [1.29, 1.82) is 0 Å². The Bertz CT molecular complexity index is 1680. The van der Waals surface area contributed by atoms with Crippen molar-refractivity contribution in [2.24, 2.45) is 5.92 Å². The standard InChI is InChI=1S/C52H76O13/c1-6-10-29-54-42-35(5)60-51(47(56-31-12-8-3)45(42)55-30-11-7-2)64-43-37(9-4)26-21-28-39(43)62-52-48-46(44-41(63-52)34-59-50(65-44)38-24-17-14-18-25-38)61-40(27-19-20-32-57-48)49(53)58-33-36-22-15-13-16-23-36/h13-20,22-25,35,37,39-48,50-52H,6-12,21,26-34H2,1-5H3/b20-19-/t35?,37?,39-,40-,41+,42-,43-,44+,45?,46?,47+,48?,50?,51+,52-/m1/s1. The van der Waals surface area contributed by atoms with Gasteiger partial charge in [0.15, 0.2) is 25.0 Å². The van der Waals surface area contributed by atoms with E-state index in [1.165, 1.54) is 0 Å². The Morgan fingerprint density at radius 3 is 2.06 bits per heavy atom. The van der Waals surface area contributed by atoms with Crippen LogP contribution in [0.15, 0.2) is 72.8 Å². The van der Waals surface area contributed by atoms with Gasteiger partial charge >= 0.3 is 5.97 Å². The van der Waals surface area contributed by atoms with Crippen LogP contribution in [0.5, 0.6) is 0 Å². The summed E-state index contributed by atoms with van der Waals surface area (Å²) in [6.45, 7) is 13.1. The lowest BCUT2D eigenvalue weighted by Gasteiger charge is -2.51. The van der Waals surface area contributed by atoms with E-state index in [1.54, 1.807) is 0 Å². The van der Waals surface area contributed by atoms with Crippen molar-refractivity contribution in [3.05, 3.63) is 83.9 Å². The van der Waals surface area contributed by atoms with Gasteiger partial charge in [-0.15, -0.1) is 0 Å². The molecule has 0 radical (unpaired) electrons. The van der Waals surface area contributed by atoms with E-state index in [-0.39, 0.29) is 50.2 Å². The summed E-state index contributed by atoms with van der Waals surface area (Å²) in [4.78, 5) is 13.9. The smallest absolute Gasteiger partial charge is 0.335 e. The Morgan fingerprint density at radius 1 is 0.662 bits per heavy atom. The summed E-state index contributed by atoms with van der Waals surface area (Å²) in [5, 5.41) is 0. The fraction of sp³-hybridized carbons (Fsp3) is 0.712. The molecular weight excluding hydrogens is 833 g/mol. The van der Waals surface area contributed by atoms with Crippen LogP contribution in [0.2, 0.25) is 0 Å². The van der Waals surface area contributed by atoms with E-state index in [0.717, 1.165) is 75.3 Å². The molecule has 0 aromatic heterocycles. The Kier molecular flexibility index (Phi) is 20.1. The molecule has 2 aromatic carbocycles. The number of fused-ring (bicyclic) bond motifs is 3. The van der Waals surface area contributed by atoms with Crippen LogP contribution in [0.1, 0.15) is 123 Å². The van der Waals surface area contributed by atoms with E-state index in [4.69, 9.17) is 56.8 Å². The van der Waals surface area contributed by atoms with Gasteiger partial charge in [0, 0.05) is 31.8 Å². The molecule has 0 N–H and O–H groups in total. The minimum atomic E-state index is -0.933. The predicted octanol–water partition coefficient (Wildman–Crippen LogP) is 8.95. The van der Waals surface area contributed by atoms with Crippen LogP contribution in [0.4, 0.5) is 0 Å². The maximum Gasteiger partial charge on any atom is 0.335 e. The van der Waals surface area contributed by atoms with Gasteiger partial charge in [-0.1, -0.05) is 133 Å². The van der Waals surface area contributed by atoms with Gasteiger partial charge in [-0.05, 0) is 50.5 Å². The second kappa shape index (κ2) is 26.1. The summed E-state index contributed by atoms with van der Waals surface area (Å²) < 4.78 is 80.4. The van der Waals surface area contributed by atoms with Gasteiger partial charge in [0.05, 0.1) is 31.5 Å². The van der Waals surface area contributed by atoms with Gasteiger partial charge in [-0.3, -0.25) is 0 Å². The van der Waals surface area contributed by atoms with Gasteiger partial charge in [-0.2, -0.15) is 0 Å². The van der Waals surface area contributed by atoms with Crippen LogP contribution in [0.25, 0.3) is 0 Å². The highest BCUT2D eigenvalue weighted by Gasteiger charge is 2.55. The maximum absolute atomic E-state index is 13.9. The number of benzene rings is 2. The van der Waals surface area contributed by atoms with Gasteiger partial charge in [0.25, 0.3) is 0 Å². The Balaban J connectivity index is 1.15. The van der Waals surface area contributed by atoms with Crippen molar-refractivity contribution in [3.8, 4) is 0 Å². The zero-order valence-electron chi connectivity index (χ0n) is 39.4. The number of hydrogen-bond acceptors (Lipinski definition) is 13. The lowest BCUT2D eigenvalue weighted by molar-refractivity contribution is -0.385. The molecule has 65 heavy (non-hydrogen) atoms. The zero-order valence-corrected chi connectivity index (χ0v) is 39.4. The minimum absolute atomic E-state index is 0.128. The van der Waals surface area contributed by atoms with Crippen molar-refractivity contribution in [1.82, 2.24) is 0 Å². The molecule has 2 aromatic rings. The molecule has 0 bridgehead atoms. The van der Waals surface area contributed by atoms with Crippen molar-refractivity contribution < 1.29 is 61.6 Å². The highest BCUT2D eigenvalue weighted by Crippen LogP contribution is 2.41. The largest absolute Gasteiger partial charge is 0.459 e. The normalized spacial score (nSPS) is 35.7. The quantitative estimate of drug-likeness (QED) is 0.0673. The Hall–Kier alpha value is -2.79. The van der Waals surface area contributed by atoms with E-state index >= 15 is 0 Å². The van der Waals surface area contributed by atoms with Crippen molar-refractivity contribution in [3.63, 3.8) is 0 Å². The summed E-state index contributed by atoms with van der Waals surface area (Å²) in [6.07, 6.45) is 5.19. The number of esters is 1. The molecule has 1 saturated carbocycles. The molecule has 4 fully saturated rings. The average molecular weight is 909 g/mol. The number of unbranched alkanes of at least 4 members (excludes halogenated alkanes) is 3. The van der Waals surface area contributed by atoms with Crippen LogP contribution in [-0.4, -0.2) is 119 Å². The van der Waals surface area contributed by atoms with E-state index in [1.807, 2.05) is 79.7 Å². The van der Waals surface area contributed by atoms with E-state index in [0.29, 0.717) is 26.2 Å². The fourth-order valence-corrected chi connectivity index (χ4v) is 9.53. The molecule has 0 spiro atoms. The van der Waals surface area contributed by atoms with E-state index < -0.39 is 67.6 Å². The van der Waals surface area contributed by atoms with Crippen LogP contribution >= 0.6 is 0 Å². The number of rotatable bonds is 21. The number of ether oxygens (including phenoxy) is 12. The van der Waals surface area contributed by atoms with Gasteiger partial charge in [-0.25, -0.2) is 4.79 Å². The van der Waals surface area contributed by atoms with Crippen molar-refractivity contribution >= 4 is 5.97 Å². The number of hydrogen-bond donors (Lipinski definition) is 0. The molecule has 3 saturated heterocycles. The topological polar surface area (TPSA) is 128 Å². The SMILES string of the molecule is CCCCOC1[C@H](OCCCC)C(C)O[C@@H](O[C@@H]2C(CC)CCC[C@H]2O[C@@H]2O[C@H]3COC(c4ccccc4)O[C@@H]3C3O[C@@H](C(=O)OCc4ccccc4)C/C=C\COC32)[C@H]1OCCCC. The third-order valence-corrected chi connectivity index (χ3v) is 13.2. The average Bonchev–Trinajstić information content (AvgIpc) is 3.45. The summed E-state index contributed by atoms with van der Waals surface area (Å²) in [5.74, 6) is -0.295. The third kappa shape index (κ3) is 13.5. The summed E-state index contributed by atoms with van der Waals surface area (Å²) in [6, 6.07) is 19.4. The molecule has 7 rings (SSSR count). The highest BCUT2D eigenvalue weighted by molar-refractivity contribution is 5.75. The summed E-state index contributed by atoms with van der Waals surface area (Å²) in [7, 11) is 0. The van der Waals surface area contributed by atoms with Gasteiger partial charge < -0.3 is 56.8 Å². The molecule has 5 aliphatic rings. The predicted molar refractivity (Wildman–Crippen MR) is 243 cm³/mol. The molecular formula is C52H76O13. The van der Waals surface area contributed by atoms with Crippen molar-refractivity contribution in [2.45, 2.75) is 198 Å². The zero-order chi connectivity index (χ0) is 45.4. The minimum Gasteiger partial charge on any atom is -0.459 e. The Labute approximate surface area is 387 Å². The highest BCUT2D eigenvalue weighted by atomic mass is 16.8. The maximum atomic E-state index is 13.9. The first-order valence-corrected chi connectivity index (χ1v) is 24.8. The van der Waals surface area contributed by atoms with Crippen molar-refractivity contribution in [2.75, 3.05) is 33.0 Å². The fourth-order valence-electron chi connectivity index (χ4n) is 9.53. The van der Waals surface area contributed by atoms with Gasteiger partial charge in [0.1, 0.15) is 49.3 Å². The molecule has 13 heteroatoms. The molecule has 15 atom stereocenters. The number of carbonyl (C=O) groups is 1. The molecule has 1 aliphatic carbocycles. The number of carbonyl (C=O) groups excluding carboxylic acids is 1. The lowest BCUT2D eigenvalue weighted by atomic mass is 9.82. The molecule has 4 aliphatic heterocycles. The first-order valence-electron chi connectivity index (χ1n) is 24.8. The second-order valence-electron chi connectivity index (χ2n) is 18.1. The van der Waals surface area contributed by atoms with E-state index in [9.17, 15) is 4.79 Å². The summed E-state index contributed by atoms with van der Waals surface area (Å²) in [5.41, 5.74) is 1.76. The lowest BCUT2D eigenvalue weighted by Crippen LogP contribution is -2.65. The molecule has 0 amide bonds. The van der Waals surface area contributed by atoms with Crippen LogP contribution in [0, 0.1) is 5.92 Å². The molecule has 6 unspecified atom stereocenters. The Morgan fingerprint density at radius 2 is 1.35 bits per heavy atom. The second-order valence-corrected chi connectivity index (χ2v) is 18.1. The first-order chi connectivity index (χ1) is 31.9. The van der Waals surface area contributed by atoms with Crippen LogP contribution < -0.4 is 0 Å². The summed E-state index contributed by atoms with van der Waals surface area (Å²) >= 11 is 0. The van der Waals surface area contributed by atoms with Gasteiger partial charge in [0.2, 0.25) is 0 Å². The first kappa shape index (κ1) is 50.1. The third-order valence-electron chi connectivity index (χ3n) is 13.2.